The van der Waals surface area contributed by atoms with Crippen molar-refractivity contribution in [3.05, 3.63) is 96.7 Å². The van der Waals surface area contributed by atoms with Gasteiger partial charge >= 0.3 is 0 Å². The van der Waals surface area contributed by atoms with E-state index in [-0.39, 0.29) is 11.7 Å². The van der Waals surface area contributed by atoms with E-state index < -0.39 is 0 Å². The summed E-state index contributed by atoms with van der Waals surface area (Å²) in [6, 6.07) is 26.6. The number of benzene rings is 3. The van der Waals surface area contributed by atoms with Gasteiger partial charge in [0.2, 0.25) is 5.91 Å². The normalized spacial score (nSPS) is 10.6. The van der Waals surface area contributed by atoms with Gasteiger partial charge < -0.3 is 10.4 Å². The zero-order chi connectivity index (χ0) is 21.5. The first-order valence-electron chi connectivity index (χ1n) is 10.2. The van der Waals surface area contributed by atoms with Crippen LogP contribution in [0.4, 0.5) is 5.82 Å². The summed E-state index contributed by atoms with van der Waals surface area (Å²) >= 11 is 0. The predicted molar refractivity (Wildman–Crippen MR) is 123 cm³/mol. The molecule has 4 aromatic rings. The first-order valence-corrected chi connectivity index (χ1v) is 10.2. The molecule has 1 heterocycles. The Kier molecular flexibility index (Phi) is 6.33. The highest BCUT2D eigenvalue weighted by molar-refractivity contribution is 5.93. The van der Waals surface area contributed by atoms with Crippen LogP contribution in [-0.4, -0.2) is 21.0 Å². The summed E-state index contributed by atoms with van der Waals surface area (Å²) in [5.74, 6) is 0.553. The second-order valence-electron chi connectivity index (χ2n) is 7.25. The highest BCUT2D eigenvalue weighted by atomic mass is 16.3. The quantitative estimate of drug-likeness (QED) is 0.424. The van der Waals surface area contributed by atoms with Crippen LogP contribution in [0.15, 0.2) is 91.1 Å². The van der Waals surface area contributed by atoms with Gasteiger partial charge in [0.1, 0.15) is 11.4 Å². The third kappa shape index (κ3) is 5.34. The molecule has 154 valence electrons. The third-order valence-corrected chi connectivity index (χ3v) is 4.95. The summed E-state index contributed by atoms with van der Waals surface area (Å²) in [5.41, 5.74) is 4.21. The van der Waals surface area contributed by atoms with E-state index in [1.807, 2.05) is 48.5 Å². The number of aryl methyl sites for hydroxylation is 1. The van der Waals surface area contributed by atoms with Crippen molar-refractivity contribution in [1.29, 1.82) is 0 Å². The van der Waals surface area contributed by atoms with Crippen LogP contribution in [0.25, 0.3) is 22.5 Å². The van der Waals surface area contributed by atoms with E-state index in [9.17, 15) is 9.90 Å². The SMILES string of the molecule is O=C(CCCc1ccccc1)Nc1ncc(-c2ccc(O)cc2)nc1-c1ccccc1. The van der Waals surface area contributed by atoms with Gasteiger partial charge in [-0.05, 0) is 42.7 Å². The highest BCUT2D eigenvalue weighted by Crippen LogP contribution is 2.28. The van der Waals surface area contributed by atoms with Gasteiger partial charge in [0, 0.05) is 17.5 Å². The van der Waals surface area contributed by atoms with E-state index in [1.165, 1.54) is 5.56 Å². The Bertz CT molecular complexity index is 1140. The van der Waals surface area contributed by atoms with Crippen molar-refractivity contribution < 1.29 is 9.90 Å². The lowest BCUT2D eigenvalue weighted by Crippen LogP contribution is -2.14. The van der Waals surface area contributed by atoms with Crippen LogP contribution in [0.5, 0.6) is 5.75 Å². The molecule has 3 aromatic carbocycles. The fourth-order valence-electron chi connectivity index (χ4n) is 3.34. The molecular weight excluding hydrogens is 386 g/mol. The predicted octanol–water partition coefficient (Wildman–Crippen LogP) is 5.48. The number of carbonyl (C=O) groups excluding carboxylic acids is 1. The summed E-state index contributed by atoms with van der Waals surface area (Å²) in [5, 5.41) is 12.5. The van der Waals surface area contributed by atoms with Gasteiger partial charge in [-0.1, -0.05) is 60.7 Å². The van der Waals surface area contributed by atoms with Gasteiger partial charge in [-0.25, -0.2) is 9.97 Å². The molecule has 0 spiro atoms. The molecule has 31 heavy (non-hydrogen) atoms. The van der Waals surface area contributed by atoms with Gasteiger partial charge in [0.05, 0.1) is 11.9 Å². The lowest BCUT2D eigenvalue weighted by atomic mass is 10.1. The van der Waals surface area contributed by atoms with E-state index >= 15 is 0 Å². The van der Waals surface area contributed by atoms with Gasteiger partial charge in [-0.15, -0.1) is 0 Å². The fraction of sp³-hybridized carbons (Fsp3) is 0.115. The maximum atomic E-state index is 12.6. The lowest BCUT2D eigenvalue weighted by molar-refractivity contribution is -0.116. The first-order chi connectivity index (χ1) is 15.2. The second kappa shape index (κ2) is 9.67. The molecular formula is C26H23N3O2. The number of carbonyl (C=O) groups is 1. The molecule has 0 bridgehead atoms. The molecule has 0 fully saturated rings. The number of amides is 1. The maximum absolute atomic E-state index is 12.6. The fourth-order valence-corrected chi connectivity index (χ4v) is 3.34. The number of phenols is 1. The molecule has 1 aromatic heterocycles. The number of rotatable bonds is 7. The summed E-state index contributed by atoms with van der Waals surface area (Å²) in [4.78, 5) is 21.8. The van der Waals surface area contributed by atoms with E-state index in [1.54, 1.807) is 30.5 Å². The number of anilines is 1. The summed E-state index contributed by atoms with van der Waals surface area (Å²) in [7, 11) is 0. The standard InChI is InChI=1S/C26H23N3O2/c30-22-16-14-20(15-17-22)23-18-27-26(25(28-23)21-11-5-2-6-12-21)29-24(31)13-7-10-19-8-3-1-4-9-19/h1-6,8-9,11-12,14-18,30H,7,10,13H2,(H,27,29,31). The molecule has 0 aliphatic carbocycles. The number of phenolic OH excluding ortho intramolecular Hbond substituents is 1. The average molecular weight is 409 g/mol. The molecule has 2 N–H and O–H groups in total. The van der Waals surface area contributed by atoms with Crippen molar-refractivity contribution in [3.8, 4) is 28.3 Å². The van der Waals surface area contributed by atoms with Crippen molar-refractivity contribution in [2.75, 3.05) is 5.32 Å². The molecule has 1 amide bonds. The maximum Gasteiger partial charge on any atom is 0.225 e. The summed E-state index contributed by atoms with van der Waals surface area (Å²) in [6.07, 6.45) is 3.66. The van der Waals surface area contributed by atoms with Crippen molar-refractivity contribution in [2.45, 2.75) is 19.3 Å². The van der Waals surface area contributed by atoms with Crippen LogP contribution >= 0.6 is 0 Å². The van der Waals surface area contributed by atoms with Crippen molar-refractivity contribution in [1.82, 2.24) is 9.97 Å². The van der Waals surface area contributed by atoms with E-state index in [0.29, 0.717) is 23.6 Å². The molecule has 0 aliphatic rings. The molecule has 4 rings (SSSR count). The number of aromatic nitrogens is 2. The van der Waals surface area contributed by atoms with Crippen LogP contribution in [0.1, 0.15) is 18.4 Å². The van der Waals surface area contributed by atoms with Crippen LogP contribution < -0.4 is 5.32 Å². The first kappa shape index (κ1) is 20.3. The monoisotopic (exact) mass is 409 g/mol. The van der Waals surface area contributed by atoms with E-state index in [0.717, 1.165) is 24.0 Å². The average Bonchev–Trinajstić information content (AvgIpc) is 2.81. The Morgan fingerprint density at radius 2 is 1.52 bits per heavy atom. The largest absolute Gasteiger partial charge is 0.508 e. The van der Waals surface area contributed by atoms with Crippen molar-refractivity contribution in [2.24, 2.45) is 0 Å². The molecule has 5 nitrogen and oxygen atoms in total. The molecule has 0 radical (unpaired) electrons. The van der Waals surface area contributed by atoms with Crippen LogP contribution in [0.3, 0.4) is 0 Å². The Morgan fingerprint density at radius 3 is 2.23 bits per heavy atom. The Labute approximate surface area is 181 Å². The number of nitrogens with one attached hydrogen (secondary N) is 1. The third-order valence-electron chi connectivity index (χ3n) is 4.95. The minimum absolute atomic E-state index is 0.0835. The van der Waals surface area contributed by atoms with Gasteiger partial charge in [-0.2, -0.15) is 0 Å². The minimum Gasteiger partial charge on any atom is -0.508 e. The number of hydrogen-bond donors (Lipinski definition) is 2. The zero-order valence-corrected chi connectivity index (χ0v) is 17.0. The number of aromatic hydroxyl groups is 1. The molecule has 0 atom stereocenters. The van der Waals surface area contributed by atoms with E-state index in [4.69, 9.17) is 4.98 Å². The smallest absolute Gasteiger partial charge is 0.225 e. The van der Waals surface area contributed by atoms with Gasteiger partial charge in [0.15, 0.2) is 5.82 Å². The lowest BCUT2D eigenvalue weighted by Gasteiger charge is -2.12. The second-order valence-corrected chi connectivity index (χ2v) is 7.25. The zero-order valence-electron chi connectivity index (χ0n) is 17.0. The minimum atomic E-state index is -0.0835. The van der Waals surface area contributed by atoms with E-state index in [2.05, 4.69) is 22.4 Å². The summed E-state index contributed by atoms with van der Waals surface area (Å²) < 4.78 is 0. The molecule has 0 aliphatic heterocycles. The van der Waals surface area contributed by atoms with Crippen LogP contribution in [0.2, 0.25) is 0 Å². The van der Waals surface area contributed by atoms with Crippen LogP contribution in [0, 0.1) is 0 Å². The van der Waals surface area contributed by atoms with Gasteiger partial charge in [-0.3, -0.25) is 4.79 Å². The Balaban J connectivity index is 1.53. The Hall–Kier alpha value is -3.99. The van der Waals surface area contributed by atoms with Gasteiger partial charge in [0.25, 0.3) is 0 Å². The topological polar surface area (TPSA) is 75.1 Å². The van der Waals surface area contributed by atoms with Crippen LogP contribution in [-0.2, 0) is 11.2 Å². The number of hydrogen-bond acceptors (Lipinski definition) is 4. The van der Waals surface area contributed by atoms with Crippen molar-refractivity contribution >= 4 is 11.7 Å². The van der Waals surface area contributed by atoms with Crippen molar-refractivity contribution in [3.63, 3.8) is 0 Å². The highest BCUT2D eigenvalue weighted by Gasteiger charge is 2.14. The summed E-state index contributed by atoms with van der Waals surface area (Å²) in [6.45, 7) is 0. The molecule has 5 heteroatoms. The molecule has 0 saturated heterocycles. The number of nitrogens with zero attached hydrogens (tertiary/aromatic N) is 2. The Morgan fingerprint density at radius 1 is 0.839 bits per heavy atom. The molecule has 0 saturated carbocycles. The molecule has 0 unspecified atom stereocenters.